The van der Waals surface area contributed by atoms with Crippen LogP contribution in [0.15, 0.2) is 10.9 Å². The number of carbonyl (C=O) groups excluding carboxylic acids is 1. The number of rotatable bonds is 3. The predicted molar refractivity (Wildman–Crippen MR) is 79.4 cm³/mol. The number of fused-ring (bicyclic) bond motifs is 1. The van der Waals surface area contributed by atoms with Crippen molar-refractivity contribution in [1.29, 1.82) is 0 Å². The summed E-state index contributed by atoms with van der Waals surface area (Å²) in [5.74, 6) is 0. The molecule has 0 atom stereocenters. The van der Waals surface area contributed by atoms with Crippen molar-refractivity contribution >= 4 is 16.8 Å². The Kier molecular flexibility index (Phi) is 3.97. The first-order valence-electron chi connectivity index (χ1n) is 7.61. The maximum absolute atomic E-state index is 12.7. The molecule has 2 aliphatic carbocycles. The van der Waals surface area contributed by atoms with Crippen molar-refractivity contribution in [3.63, 3.8) is 0 Å². The maximum Gasteiger partial charge on any atom is 0.254 e. The van der Waals surface area contributed by atoms with E-state index >= 15 is 0 Å². The quantitative estimate of drug-likeness (QED) is 0.803. The molecule has 1 aromatic heterocycles. The van der Waals surface area contributed by atoms with E-state index < -0.39 is 5.24 Å². The van der Waals surface area contributed by atoms with Gasteiger partial charge in [-0.15, -0.1) is 0 Å². The summed E-state index contributed by atoms with van der Waals surface area (Å²) in [6.45, 7) is 0. The molecule has 1 fully saturated rings. The van der Waals surface area contributed by atoms with Gasteiger partial charge in [-0.3, -0.25) is 9.59 Å². The van der Waals surface area contributed by atoms with Gasteiger partial charge >= 0.3 is 0 Å². The third-order valence-corrected chi connectivity index (χ3v) is 4.77. The molecule has 0 radical (unpaired) electrons. The minimum atomic E-state index is -0.449. The molecule has 1 aromatic rings. The van der Waals surface area contributed by atoms with Crippen LogP contribution in [-0.2, 0) is 24.1 Å². The summed E-state index contributed by atoms with van der Waals surface area (Å²) in [4.78, 5) is 23.9. The fourth-order valence-corrected chi connectivity index (χ4v) is 3.88. The molecule has 20 heavy (non-hydrogen) atoms. The molecule has 0 saturated heterocycles. The SMILES string of the molecule is O=C(Cl)Cc1cc2c(n(C3CCCCC3)c1=O)CCC2. The Balaban J connectivity index is 2.08. The lowest BCUT2D eigenvalue weighted by Gasteiger charge is -2.27. The van der Waals surface area contributed by atoms with Gasteiger partial charge in [-0.05, 0) is 55.3 Å². The van der Waals surface area contributed by atoms with Crippen molar-refractivity contribution in [2.24, 2.45) is 0 Å². The summed E-state index contributed by atoms with van der Waals surface area (Å²) in [6.07, 6.45) is 9.03. The van der Waals surface area contributed by atoms with Gasteiger partial charge in [0.1, 0.15) is 0 Å². The van der Waals surface area contributed by atoms with Crippen LogP contribution in [0.4, 0.5) is 0 Å². The fourth-order valence-electron chi connectivity index (χ4n) is 3.73. The molecule has 0 aromatic carbocycles. The largest absolute Gasteiger partial charge is 0.309 e. The van der Waals surface area contributed by atoms with Gasteiger partial charge in [-0.2, -0.15) is 0 Å². The zero-order valence-corrected chi connectivity index (χ0v) is 12.4. The van der Waals surface area contributed by atoms with Crippen LogP contribution in [0.25, 0.3) is 0 Å². The molecule has 0 spiro atoms. The highest BCUT2D eigenvalue weighted by atomic mass is 35.5. The van der Waals surface area contributed by atoms with Crippen LogP contribution in [0.2, 0.25) is 0 Å². The average Bonchev–Trinajstić information content (AvgIpc) is 2.87. The van der Waals surface area contributed by atoms with Crippen LogP contribution in [0.1, 0.15) is 61.4 Å². The Bertz CT molecular complexity index is 585. The van der Waals surface area contributed by atoms with E-state index in [1.54, 1.807) is 0 Å². The summed E-state index contributed by atoms with van der Waals surface area (Å²) < 4.78 is 2.01. The molecule has 0 bridgehead atoms. The first-order chi connectivity index (χ1) is 9.66. The van der Waals surface area contributed by atoms with Crippen molar-refractivity contribution < 1.29 is 4.79 Å². The van der Waals surface area contributed by atoms with Gasteiger partial charge in [0.25, 0.3) is 5.56 Å². The van der Waals surface area contributed by atoms with E-state index in [0.717, 1.165) is 32.1 Å². The molecular weight excluding hydrogens is 274 g/mol. The van der Waals surface area contributed by atoms with E-state index in [1.807, 2.05) is 10.6 Å². The van der Waals surface area contributed by atoms with Gasteiger partial charge in [0.15, 0.2) is 0 Å². The Labute approximate surface area is 123 Å². The molecule has 0 N–H and O–H groups in total. The van der Waals surface area contributed by atoms with Crippen LogP contribution in [-0.4, -0.2) is 9.81 Å². The molecule has 0 amide bonds. The smallest absolute Gasteiger partial charge is 0.254 e. The lowest BCUT2D eigenvalue weighted by molar-refractivity contribution is -0.111. The van der Waals surface area contributed by atoms with Crippen molar-refractivity contribution in [1.82, 2.24) is 4.57 Å². The molecule has 2 aliphatic rings. The highest BCUT2D eigenvalue weighted by Crippen LogP contribution is 2.31. The van der Waals surface area contributed by atoms with Gasteiger partial charge in [-0.1, -0.05) is 19.3 Å². The van der Waals surface area contributed by atoms with E-state index in [-0.39, 0.29) is 12.0 Å². The van der Waals surface area contributed by atoms with Crippen molar-refractivity contribution in [3.8, 4) is 0 Å². The zero-order chi connectivity index (χ0) is 14.1. The van der Waals surface area contributed by atoms with Crippen LogP contribution in [0, 0.1) is 0 Å². The van der Waals surface area contributed by atoms with E-state index in [1.165, 1.54) is 30.5 Å². The average molecular weight is 294 g/mol. The molecule has 0 unspecified atom stereocenters. The minimum absolute atomic E-state index is 0.0200. The first kappa shape index (κ1) is 13.9. The predicted octanol–water partition coefficient (Wildman–Crippen LogP) is 3.15. The second-order valence-electron chi connectivity index (χ2n) is 5.99. The van der Waals surface area contributed by atoms with Gasteiger partial charge < -0.3 is 4.57 Å². The van der Waals surface area contributed by atoms with E-state index in [4.69, 9.17) is 11.6 Å². The van der Waals surface area contributed by atoms with Gasteiger partial charge in [0.05, 0.1) is 6.42 Å². The van der Waals surface area contributed by atoms with Crippen molar-refractivity contribution in [2.45, 2.75) is 63.8 Å². The van der Waals surface area contributed by atoms with Crippen molar-refractivity contribution in [2.75, 3.05) is 0 Å². The minimum Gasteiger partial charge on any atom is -0.309 e. The Morgan fingerprint density at radius 2 is 1.95 bits per heavy atom. The number of pyridine rings is 1. The monoisotopic (exact) mass is 293 g/mol. The number of carbonyl (C=O) groups is 1. The molecule has 4 heteroatoms. The van der Waals surface area contributed by atoms with Crippen LogP contribution in [0.3, 0.4) is 0 Å². The molecule has 1 saturated carbocycles. The molecule has 3 rings (SSSR count). The molecule has 1 heterocycles. The molecule has 3 nitrogen and oxygen atoms in total. The number of hydrogen-bond acceptors (Lipinski definition) is 2. The number of hydrogen-bond donors (Lipinski definition) is 0. The van der Waals surface area contributed by atoms with Crippen LogP contribution >= 0.6 is 11.6 Å². The third-order valence-electron chi connectivity index (χ3n) is 4.63. The summed E-state index contributed by atoms with van der Waals surface area (Å²) in [5, 5.41) is -0.449. The Morgan fingerprint density at radius 3 is 2.65 bits per heavy atom. The van der Waals surface area contributed by atoms with Gasteiger partial charge in [0, 0.05) is 17.3 Å². The zero-order valence-electron chi connectivity index (χ0n) is 11.7. The molecule has 108 valence electrons. The summed E-state index contributed by atoms with van der Waals surface area (Å²) in [6, 6.07) is 2.25. The summed E-state index contributed by atoms with van der Waals surface area (Å²) >= 11 is 5.49. The number of halogens is 1. The second kappa shape index (κ2) is 5.72. The lowest BCUT2D eigenvalue weighted by atomic mass is 9.94. The van der Waals surface area contributed by atoms with E-state index in [9.17, 15) is 9.59 Å². The van der Waals surface area contributed by atoms with Crippen LogP contribution in [0.5, 0.6) is 0 Å². The maximum atomic E-state index is 12.7. The lowest BCUT2D eigenvalue weighted by Crippen LogP contribution is -2.32. The normalized spacial score (nSPS) is 19.1. The standard InChI is InChI=1S/C16H20ClNO2/c17-15(19)10-12-9-11-5-4-8-14(11)18(16(12)20)13-6-2-1-3-7-13/h9,13H,1-8,10H2. The van der Waals surface area contributed by atoms with Crippen LogP contribution < -0.4 is 5.56 Å². The Hall–Kier alpha value is -1.09. The first-order valence-corrected chi connectivity index (χ1v) is 7.99. The summed E-state index contributed by atoms with van der Waals surface area (Å²) in [7, 11) is 0. The van der Waals surface area contributed by atoms with Gasteiger partial charge in [0.2, 0.25) is 5.24 Å². The number of aryl methyl sites for hydroxylation is 1. The van der Waals surface area contributed by atoms with E-state index in [2.05, 4.69) is 0 Å². The number of aromatic nitrogens is 1. The molecule has 0 aliphatic heterocycles. The van der Waals surface area contributed by atoms with Crippen molar-refractivity contribution in [3.05, 3.63) is 33.2 Å². The number of nitrogens with zero attached hydrogens (tertiary/aromatic N) is 1. The Morgan fingerprint density at radius 1 is 1.20 bits per heavy atom. The van der Waals surface area contributed by atoms with Gasteiger partial charge in [-0.25, -0.2) is 0 Å². The van der Waals surface area contributed by atoms with E-state index in [0.29, 0.717) is 11.6 Å². The molecular formula is C16H20ClNO2. The highest BCUT2D eigenvalue weighted by Gasteiger charge is 2.25. The summed E-state index contributed by atoms with van der Waals surface area (Å²) in [5.41, 5.74) is 3.07. The fraction of sp³-hybridized carbons (Fsp3) is 0.625. The highest BCUT2D eigenvalue weighted by molar-refractivity contribution is 6.63. The second-order valence-corrected chi connectivity index (χ2v) is 6.42. The topological polar surface area (TPSA) is 39.1 Å². The third kappa shape index (κ3) is 2.56.